The first-order valence-corrected chi connectivity index (χ1v) is 9.84. The molecular formula is C19H21N5O2S. The maximum Gasteiger partial charge on any atom is 0.257 e. The zero-order valence-corrected chi connectivity index (χ0v) is 16.1. The Kier molecular flexibility index (Phi) is 4.65. The molecule has 7 nitrogen and oxygen atoms in total. The predicted molar refractivity (Wildman–Crippen MR) is 104 cm³/mol. The molecule has 0 spiro atoms. The number of thiophene rings is 1. The van der Waals surface area contributed by atoms with Gasteiger partial charge < -0.3 is 9.88 Å². The Morgan fingerprint density at radius 3 is 2.96 bits per heavy atom. The summed E-state index contributed by atoms with van der Waals surface area (Å²) in [5.74, 6) is 0.667. The minimum Gasteiger partial charge on any atom is -0.338 e. The lowest BCUT2D eigenvalue weighted by molar-refractivity contribution is 0.0703. The van der Waals surface area contributed by atoms with Crippen molar-refractivity contribution in [1.29, 1.82) is 0 Å². The molecule has 1 N–H and O–H groups in total. The van der Waals surface area contributed by atoms with Crippen molar-refractivity contribution in [3.05, 3.63) is 57.2 Å². The molecule has 0 unspecified atom stereocenters. The number of hydrogen-bond donors (Lipinski definition) is 1. The fourth-order valence-electron chi connectivity index (χ4n) is 3.48. The van der Waals surface area contributed by atoms with Crippen LogP contribution in [-0.4, -0.2) is 43.6 Å². The van der Waals surface area contributed by atoms with Gasteiger partial charge in [-0.1, -0.05) is 6.07 Å². The summed E-state index contributed by atoms with van der Waals surface area (Å²) in [7, 11) is 1.83. The van der Waals surface area contributed by atoms with Crippen molar-refractivity contribution in [2.45, 2.75) is 25.7 Å². The van der Waals surface area contributed by atoms with E-state index < -0.39 is 0 Å². The summed E-state index contributed by atoms with van der Waals surface area (Å²) in [5.41, 5.74) is 2.02. The Morgan fingerprint density at radius 1 is 1.41 bits per heavy atom. The summed E-state index contributed by atoms with van der Waals surface area (Å²) in [6.07, 6.45) is 3.40. The second-order valence-electron chi connectivity index (χ2n) is 6.85. The Labute approximate surface area is 160 Å². The minimum atomic E-state index is -0.157. The van der Waals surface area contributed by atoms with Crippen molar-refractivity contribution >= 4 is 17.2 Å². The van der Waals surface area contributed by atoms with E-state index in [1.54, 1.807) is 22.2 Å². The van der Waals surface area contributed by atoms with E-state index >= 15 is 0 Å². The number of piperidine rings is 1. The van der Waals surface area contributed by atoms with Crippen LogP contribution in [0.15, 0.2) is 34.6 Å². The minimum absolute atomic E-state index is 0.0120. The summed E-state index contributed by atoms with van der Waals surface area (Å²) >= 11 is 1.56. The molecule has 27 heavy (non-hydrogen) atoms. The molecule has 4 rings (SSSR count). The van der Waals surface area contributed by atoms with Gasteiger partial charge in [-0.2, -0.15) is 5.10 Å². The molecule has 1 amide bonds. The lowest BCUT2D eigenvalue weighted by Crippen LogP contribution is -2.40. The first-order valence-electron chi connectivity index (χ1n) is 8.96. The average molecular weight is 383 g/mol. The van der Waals surface area contributed by atoms with Gasteiger partial charge in [0.2, 0.25) is 0 Å². The van der Waals surface area contributed by atoms with Gasteiger partial charge in [-0.05, 0) is 31.2 Å². The number of carbonyl (C=O) groups is 1. The maximum atomic E-state index is 12.9. The topological polar surface area (TPSA) is 83.9 Å². The van der Waals surface area contributed by atoms with Gasteiger partial charge in [-0.3, -0.25) is 14.3 Å². The van der Waals surface area contributed by atoms with Crippen molar-refractivity contribution in [3.63, 3.8) is 0 Å². The van der Waals surface area contributed by atoms with E-state index in [0.717, 1.165) is 23.4 Å². The van der Waals surface area contributed by atoms with Crippen LogP contribution in [0.1, 0.15) is 40.6 Å². The first-order chi connectivity index (χ1) is 13.0. The normalized spacial score (nSPS) is 17.3. The van der Waals surface area contributed by atoms with E-state index in [-0.39, 0.29) is 17.4 Å². The zero-order chi connectivity index (χ0) is 19.0. The molecule has 4 heterocycles. The molecule has 140 valence electrons. The third-order valence-electron chi connectivity index (χ3n) is 5.09. The van der Waals surface area contributed by atoms with Gasteiger partial charge in [-0.15, -0.1) is 11.3 Å². The van der Waals surface area contributed by atoms with Crippen LogP contribution in [0.2, 0.25) is 0 Å². The third kappa shape index (κ3) is 3.44. The van der Waals surface area contributed by atoms with Gasteiger partial charge in [0.05, 0.1) is 22.3 Å². The molecule has 1 aliphatic rings. The number of carbonyl (C=O) groups excluding carboxylic acids is 1. The highest BCUT2D eigenvalue weighted by Crippen LogP contribution is 2.28. The fraction of sp³-hybridized carbons (Fsp3) is 0.368. The monoisotopic (exact) mass is 383 g/mol. The number of nitrogens with zero attached hydrogens (tertiary/aromatic N) is 4. The highest BCUT2D eigenvalue weighted by atomic mass is 32.1. The molecule has 0 radical (unpaired) electrons. The Hall–Kier alpha value is -2.74. The Morgan fingerprint density at radius 2 is 2.26 bits per heavy atom. The van der Waals surface area contributed by atoms with Gasteiger partial charge in [0.25, 0.3) is 11.5 Å². The van der Waals surface area contributed by atoms with Crippen LogP contribution in [0.25, 0.3) is 10.6 Å². The van der Waals surface area contributed by atoms with Gasteiger partial charge in [0.1, 0.15) is 5.82 Å². The number of aromatic amines is 1. The van der Waals surface area contributed by atoms with Crippen molar-refractivity contribution in [2.75, 3.05) is 13.1 Å². The van der Waals surface area contributed by atoms with Crippen LogP contribution < -0.4 is 5.56 Å². The van der Waals surface area contributed by atoms with E-state index in [9.17, 15) is 9.59 Å². The number of H-pyrrole nitrogens is 1. The summed E-state index contributed by atoms with van der Waals surface area (Å²) in [6.45, 7) is 3.15. The Bertz CT molecular complexity index is 1020. The number of amides is 1. The third-order valence-corrected chi connectivity index (χ3v) is 5.99. The lowest BCUT2D eigenvalue weighted by atomic mass is 9.96. The molecule has 0 aromatic carbocycles. The van der Waals surface area contributed by atoms with Crippen molar-refractivity contribution in [1.82, 2.24) is 24.6 Å². The Balaban J connectivity index is 1.59. The van der Waals surface area contributed by atoms with Crippen molar-refractivity contribution in [2.24, 2.45) is 7.05 Å². The number of hydrogen-bond acceptors (Lipinski definition) is 5. The van der Waals surface area contributed by atoms with E-state index in [2.05, 4.69) is 15.1 Å². The highest BCUT2D eigenvalue weighted by Gasteiger charge is 2.28. The van der Waals surface area contributed by atoms with Crippen molar-refractivity contribution in [3.8, 4) is 10.6 Å². The number of likely N-dealkylation sites (tertiary alicyclic amines) is 1. The highest BCUT2D eigenvalue weighted by molar-refractivity contribution is 7.13. The van der Waals surface area contributed by atoms with Gasteiger partial charge >= 0.3 is 0 Å². The van der Waals surface area contributed by atoms with Crippen LogP contribution in [0.4, 0.5) is 0 Å². The largest absolute Gasteiger partial charge is 0.338 e. The number of nitrogens with one attached hydrogen (secondary N) is 1. The first kappa shape index (κ1) is 17.7. The van der Waals surface area contributed by atoms with Crippen LogP contribution in [-0.2, 0) is 7.05 Å². The molecule has 1 fully saturated rings. The smallest absolute Gasteiger partial charge is 0.257 e. The summed E-state index contributed by atoms with van der Waals surface area (Å²) in [4.78, 5) is 35.4. The van der Waals surface area contributed by atoms with Gasteiger partial charge in [0.15, 0.2) is 0 Å². The molecule has 0 bridgehead atoms. The quantitative estimate of drug-likeness (QED) is 0.753. The second-order valence-corrected chi connectivity index (χ2v) is 7.80. The van der Waals surface area contributed by atoms with Crippen LogP contribution >= 0.6 is 11.3 Å². The van der Waals surface area contributed by atoms with Gasteiger partial charge in [-0.25, -0.2) is 4.98 Å². The SMILES string of the molecule is Cc1c(C(=O)N2CCC[C@@H](c3nc(-c4cccs4)cc(=O)[nH]3)C2)cnn1C. The average Bonchev–Trinajstić information content (AvgIpc) is 3.32. The molecule has 8 heteroatoms. The summed E-state index contributed by atoms with van der Waals surface area (Å²) < 4.78 is 1.71. The molecule has 0 aliphatic carbocycles. The number of aryl methyl sites for hydroxylation is 1. The standard InChI is InChI=1S/C19H21N5O2S/c1-12-14(10-20-23(12)2)19(26)24-7-3-5-13(11-24)18-21-15(9-17(25)22-18)16-6-4-8-27-16/h4,6,8-10,13H,3,5,7,11H2,1-2H3,(H,21,22,25)/t13-/m1/s1. The van der Waals surface area contributed by atoms with Crippen molar-refractivity contribution < 1.29 is 4.79 Å². The van der Waals surface area contributed by atoms with E-state index in [1.807, 2.05) is 36.4 Å². The maximum absolute atomic E-state index is 12.9. The second kappa shape index (κ2) is 7.11. The van der Waals surface area contributed by atoms with E-state index in [0.29, 0.717) is 30.2 Å². The number of rotatable bonds is 3. The van der Waals surface area contributed by atoms with E-state index in [4.69, 9.17) is 0 Å². The van der Waals surface area contributed by atoms with E-state index in [1.165, 1.54) is 6.07 Å². The zero-order valence-electron chi connectivity index (χ0n) is 15.3. The molecule has 1 saturated heterocycles. The molecule has 3 aromatic rings. The number of aromatic nitrogens is 4. The molecular weight excluding hydrogens is 362 g/mol. The molecule has 1 aliphatic heterocycles. The lowest BCUT2D eigenvalue weighted by Gasteiger charge is -2.32. The fourth-order valence-corrected chi connectivity index (χ4v) is 4.17. The van der Waals surface area contributed by atoms with Crippen LogP contribution in [0.5, 0.6) is 0 Å². The predicted octanol–water partition coefficient (Wildman–Crippen LogP) is 2.56. The van der Waals surface area contributed by atoms with Crippen LogP contribution in [0.3, 0.4) is 0 Å². The summed E-state index contributed by atoms with van der Waals surface area (Å²) in [6, 6.07) is 5.43. The molecule has 1 atom stereocenters. The molecule has 3 aromatic heterocycles. The molecule has 0 saturated carbocycles. The van der Waals surface area contributed by atoms with Crippen LogP contribution in [0, 0.1) is 6.92 Å². The summed E-state index contributed by atoms with van der Waals surface area (Å²) in [5, 5.41) is 6.14. The van der Waals surface area contributed by atoms with Gasteiger partial charge in [0, 0.05) is 37.8 Å².